The summed E-state index contributed by atoms with van der Waals surface area (Å²) in [5.74, 6) is 0.699. The van der Waals surface area contributed by atoms with Crippen LogP contribution in [0.2, 0.25) is 10.0 Å². The van der Waals surface area contributed by atoms with Gasteiger partial charge in [0.2, 0.25) is 6.54 Å². The first-order chi connectivity index (χ1) is 12.8. The average molecular weight is 423 g/mol. The molecule has 1 heterocycles. The molecule has 6 nitrogen and oxygen atoms in total. The van der Waals surface area contributed by atoms with Crippen LogP contribution >= 0.6 is 35.0 Å². The second-order valence-corrected chi connectivity index (χ2v) is 8.01. The highest BCUT2D eigenvalue weighted by molar-refractivity contribution is 7.99. The molecule has 0 unspecified atom stereocenters. The van der Waals surface area contributed by atoms with E-state index in [1.54, 1.807) is 18.2 Å². The summed E-state index contributed by atoms with van der Waals surface area (Å²) in [6, 6.07) is 12.9. The number of hydrogen-bond donors (Lipinski definition) is 0. The zero-order chi connectivity index (χ0) is 19.6. The molecule has 1 atom stereocenters. The van der Waals surface area contributed by atoms with Crippen LogP contribution in [-0.4, -0.2) is 26.2 Å². The van der Waals surface area contributed by atoms with Crippen molar-refractivity contribution in [2.24, 2.45) is 0 Å². The second kappa shape index (κ2) is 8.29. The molecule has 1 aromatic heterocycles. The summed E-state index contributed by atoms with van der Waals surface area (Å²) < 4.78 is 1.88. The molecule has 0 amide bonds. The summed E-state index contributed by atoms with van der Waals surface area (Å²) in [7, 11) is 0. The van der Waals surface area contributed by atoms with Gasteiger partial charge < -0.3 is 0 Å². The number of aromatic nitrogens is 3. The van der Waals surface area contributed by atoms with E-state index in [4.69, 9.17) is 23.2 Å². The Bertz CT molecular complexity index is 993. The van der Waals surface area contributed by atoms with Gasteiger partial charge in [0.15, 0.2) is 5.16 Å². The monoisotopic (exact) mass is 422 g/mol. The van der Waals surface area contributed by atoms with Gasteiger partial charge in [0.25, 0.3) is 0 Å². The topological polar surface area (TPSA) is 73.8 Å². The summed E-state index contributed by atoms with van der Waals surface area (Å²) in [6.45, 7) is 3.54. The zero-order valence-corrected chi connectivity index (χ0v) is 16.9. The van der Waals surface area contributed by atoms with Crippen LogP contribution < -0.4 is 0 Å². The van der Waals surface area contributed by atoms with E-state index >= 15 is 0 Å². The van der Waals surface area contributed by atoms with E-state index in [-0.39, 0.29) is 11.5 Å². The molecule has 0 saturated heterocycles. The predicted molar refractivity (Wildman–Crippen MR) is 108 cm³/mol. The maximum Gasteiger partial charge on any atom is 0.220 e. The van der Waals surface area contributed by atoms with Crippen LogP contribution in [0.25, 0.3) is 5.69 Å². The summed E-state index contributed by atoms with van der Waals surface area (Å²) in [6.07, 6.45) is 0. The van der Waals surface area contributed by atoms with Crippen LogP contribution in [0.15, 0.2) is 47.6 Å². The van der Waals surface area contributed by atoms with Gasteiger partial charge in [-0.3, -0.25) is 14.7 Å². The summed E-state index contributed by atoms with van der Waals surface area (Å²) in [5.41, 5.74) is 2.64. The second-order valence-electron chi connectivity index (χ2n) is 5.99. The maximum atomic E-state index is 11.2. The lowest BCUT2D eigenvalue weighted by atomic mass is 10.1. The normalized spacial score (nSPS) is 12.1. The molecule has 9 heteroatoms. The van der Waals surface area contributed by atoms with Crippen LogP contribution in [0, 0.1) is 24.0 Å². The minimum Gasteiger partial charge on any atom is -0.274 e. The van der Waals surface area contributed by atoms with Crippen LogP contribution in [0.4, 0.5) is 0 Å². The van der Waals surface area contributed by atoms with Gasteiger partial charge >= 0.3 is 0 Å². The Hall–Kier alpha value is -2.09. The van der Waals surface area contributed by atoms with E-state index in [2.05, 4.69) is 10.2 Å². The number of thioether (sulfide) groups is 1. The first kappa shape index (κ1) is 19.7. The molecule has 0 bridgehead atoms. The van der Waals surface area contributed by atoms with Crippen molar-refractivity contribution in [2.45, 2.75) is 24.3 Å². The average Bonchev–Trinajstić information content (AvgIpc) is 2.94. The van der Waals surface area contributed by atoms with Gasteiger partial charge in [-0.2, -0.15) is 0 Å². The van der Waals surface area contributed by atoms with Gasteiger partial charge in [0.05, 0.1) is 0 Å². The molecule has 2 aromatic carbocycles. The Balaban J connectivity index is 2.01. The molecule has 3 aromatic rings. The summed E-state index contributed by atoms with van der Waals surface area (Å²) >= 11 is 13.5. The zero-order valence-electron chi connectivity index (χ0n) is 14.6. The maximum absolute atomic E-state index is 11.2. The number of benzene rings is 2. The lowest BCUT2D eigenvalue weighted by Gasteiger charge is -2.15. The van der Waals surface area contributed by atoms with Crippen LogP contribution in [0.1, 0.15) is 22.2 Å². The molecule has 0 N–H and O–H groups in total. The highest BCUT2D eigenvalue weighted by atomic mass is 35.5. The molecule has 0 spiro atoms. The molecule has 0 fully saturated rings. The first-order valence-corrected chi connectivity index (χ1v) is 9.71. The molecule has 0 radical (unpaired) electrons. The van der Waals surface area contributed by atoms with Gasteiger partial charge in [-0.1, -0.05) is 53.2 Å². The van der Waals surface area contributed by atoms with E-state index in [0.717, 1.165) is 11.3 Å². The van der Waals surface area contributed by atoms with Gasteiger partial charge in [-0.15, -0.1) is 10.2 Å². The molecular formula is C18H16Cl2N4O2S. The number of rotatable bonds is 6. The standard InChI is InChI=1S/C18H16Cl2N4O2S/c1-11-4-3-5-14(8-11)24-12(2)21-22-18(24)27-17(10-23(25)26)15-7-6-13(19)9-16(15)20/h3-9,17H,10H2,1-2H3/t17-/m1/s1. The molecule has 0 aliphatic rings. The third kappa shape index (κ3) is 4.61. The highest BCUT2D eigenvalue weighted by Gasteiger charge is 2.25. The predicted octanol–water partition coefficient (Wildman–Crippen LogP) is 5.30. The third-order valence-corrected chi connectivity index (χ3v) is 5.65. The number of halogens is 2. The van der Waals surface area contributed by atoms with Crippen molar-refractivity contribution in [3.05, 3.63) is 79.6 Å². The number of nitrogens with zero attached hydrogens (tertiary/aromatic N) is 4. The van der Waals surface area contributed by atoms with Crippen molar-refractivity contribution in [3.8, 4) is 5.69 Å². The number of aryl methyl sites for hydroxylation is 2. The fraction of sp³-hybridized carbons (Fsp3) is 0.222. The smallest absolute Gasteiger partial charge is 0.220 e. The molecule has 27 heavy (non-hydrogen) atoms. The van der Waals surface area contributed by atoms with E-state index in [1.807, 2.05) is 42.7 Å². The minimum absolute atomic E-state index is 0.300. The number of hydrogen-bond acceptors (Lipinski definition) is 5. The van der Waals surface area contributed by atoms with Crippen molar-refractivity contribution in [1.82, 2.24) is 14.8 Å². The molecular weight excluding hydrogens is 407 g/mol. The van der Waals surface area contributed by atoms with Crippen molar-refractivity contribution in [3.63, 3.8) is 0 Å². The lowest BCUT2D eigenvalue weighted by Crippen LogP contribution is -2.11. The summed E-state index contributed by atoms with van der Waals surface area (Å²) in [5, 5.41) is 20.5. The van der Waals surface area contributed by atoms with E-state index in [0.29, 0.717) is 26.6 Å². The van der Waals surface area contributed by atoms with Crippen molar-refractivity contribution >= 4 is 35.0 Å². The van der Waals surface area contributed by atoms with Gasteiger partial charge in [0, 0.05) is 20.7 Å². The summed E-state index contributed by atoms with van der Waals surface area (Å²) in [4.78, 5) is 10.9. The van der Waals surface area contributed by atoms with Gasteiger partial charge in [0.1, 0.15) is 11.1 Å². The minimum atomic E-state index is -0.531. The third-order valence-electron chi connectivity index (χ3n) is 3.93. The van der Waals surface area contributed by atoms with Crippen molar-refractivity contribution in [2.75, 3.05) is 6.54 Å². The Morgan fingerprint density at radius 2 is 1.96 bits per heavy atom. The quantitative estimate of drug-likeness (QED) is 0.306. The Kier molecular flexibility index (Phi) is 6.04. The van der Waals surface area contributed by atoms with Gasteiger partial charge in [-0.05, 0) is 49.2 Å². The van der Waals surface area contributed by atoms with E-state index < -0.39 is 5.25 Å². The fourth-order valence-electron chi connectivity index (χ4n) is 2.71. The van der Waals surface area contributed by atoms with Crippen molar-refractivity contribution < 1.29 is 4.92 Å². The van der Waals surface area contributed by atoms with E-state index in [9.17, 15) is 10.1 Å². The van der Waals surface area contributed by atoms with Crippen LogP contribution in [0.5, 0.6) is 0 Å². The van der Waals surface area contributed by atoms with Gasteiger partial charge in [-0.25, -0.2) is 0 Å². The van der Waals surface area contributed by atoms with Crippen LogP contribution in [-0.2, 0) is 0 Å². The van der Waals surface area contributed by atoms with Crippen molar-refractivity contribution in [1.29, 1.82) is 0 Å². The Labute approximate surface area is 170 Å². The Morgan fingerprint density at radius 3 is 2.63 bits per heavy atom. The Morgan fingerprint density at radius 1 is 1.19 bits per heavy atom. The van der Waals surface area contributed by atoms with E-state index in [1.165, 1.54) is 11.8 Å². The molecule has 0 aliphatic carbocycles. The molecule has 0 saturated carbocycles. The molecule has 3 rings (SSSR count). The highest BCUT2D eigenvalue weighted by Crippen LogP contribution is 2.39. The van der Waals surface area contributed by atoms with Crippen LogP contribution in [0.3, 0.4) is 0 Å². The lowest BCUT2D eigenvalue weighted by molar-refractivity contribution is -0.479. The SMILES string of the molecule is Cc1cccc(-n2c(C)nnc2S[C@H](C[N+](=O)[O-])c2ccc(Cl)cc2Cl)c1. The molecule has 0 aliphatic heterocycles. The largest absolute Gasteiger partial charge is 0.274 e. The molecule has 140 valence electrons. The fourth-order valence-corrected chi connectivity index (χ4v) is 4.53. The number of nitro groups is 1. The first-order valence-electron chi connectivity index (χ1n) is 8.07.